The van der Waals surface area contributed by atoms with Gasteiger partial charge in [-0.3, -0.25) is 4.90 Å². The predicted octanol–water partition coefficient (Wildman–Crippen LogP) is 5.36. The molecule has 6 nitrogen and oxygen atoms in total. The summed E-state index contributed by atoms with van der Waals surface area (Å²) in [5, 5.41) is 7.66. The monoisotopic (exact) mass is 467 g/mol. The van der Waals surface area contributed by atoms with Gasteiger partial charge in [-0.1, -0.05) is 19.1 Å². The Morgan fingerprint density at radius 2 is 1.88 bits per heavy atom. The molecule has 0 unspecified atom stereocenters. The van der Waals surface area contributed by atoms with Crippen molar-refractivity contribution >= 4 is 11.7 Å². The molecule has 34 heavy (non-hydrogen) atoms. The minimum atomic E-state index is -0.409. The van der Waals surface area contributed by atoms with Crippen LogP contribution >= 0.6 is 0 Å². The molecule has 1 aromatic heterocycles. The number of anilines is 1. The highest BCUT2D eigenvalue weighted by Gasteiger charge is 2.28. The summed E-state index contributed by atoms with van der Waals surface area (Å²) >= 11 is 0. The Morgan fingerprint density at radius 3 is 2.56 bits per heavy atom. The summed E-state index contributed by atoms with van der Waals surface area (Å²) in [6.45, 7) is 8.96. The molecule has 4 rings (SSSR count). The topological polar surface area (TPSA) is 53.4 Å². The van der Waals surface area contributed by atoms with Crippen molar-refractivity contribution < 1.29 is 13.6 Å². The first-order valence-corrected chi connectivity index (χ1v) is 11.8. The van der Waals surface area contributed by atoms with Crippen molar-refractivity contribution in [2.75, 3.05) is 18.4 Å². The summed E-state index contributed by atoms with van der Waals surface area (Å²) in [4.78, 5) is 17.2. The minimum absolute atomic E-state index is 0.112. The van der Waals surface area contributed by atoms with E-state index in [0.29, 0.717) is 17.9 Å². The third kappa shape index (κ3) is 5.28. The number of hydrogen-bond acceptors (Lipinski definition) is 3. The van der Waals surface area contributed by atoms with Gasteiger partial charge in [0.1, 0.15) is 11.6 Å². The van der Waals surface area contributed by atoms with Crippen molar-refractivity contribution in [2.24, 2.45) is 0 Å². The van der Waals surface area contributed by atoms with Crippen LogP contribution in [0.25, 0.3) is 5.69 Å². The van der Waals surface area contributed by atoms with Gasteiger partial charge in [-0.25, -0.2) is 18.3 Å². The molecule has 0 saturated carbocycles. The van der Waals surface area contributed by atoms with Gasteiger partial charge in [0.25, 0.3) is 0 Å². The van der Waals surface area contributed by atoms with Gasteiger partial charge >= 0.3 is 6.03 Å². The standard InChI is InChI=1S/C26H31F2N5O/c1-4-12-31-13-11-25-23(16-31)24(30-33(25)22-10-6-8-20(28)15-22)17-32(18(2)3)26(34)29-21-9-5-7-19(27)14-21/h5-10,14-15,18H,4,11-13,16-17H2,1-3H3,(H,29,34). The van der Waals surface area contributed by atoms with Gasteiger partial charge in [0, 0.05) is 36.8 Å². The highest BCUT2D eigenvalue weighted by atomic mass is 19.1. The Hall–Kier alpha value is -3.26. The number of nitrogens with one attached hydrogen (secondary N) is 1. The fraction of sp³-hybridized carbons (Fsp3) is 0.385. The molecule has 180 valence electrons. The van der Waals surface area contributed by atoms with Crippen LogP contribution in [0.3, 0.4) is 0 Å². The van der Waals surface area contributed by atoms with E-state index in [9.17, 15) is 13.6 Å². The van der Waals surface area contributed by atoms with Gasteiger partial charge < -0.3 is 10.2 Å². The highest BCUT2D eigenvalue weighted by Crippen LogP contribution is 2.27. The van der Waals surface area contributed by atoms with Crippen LogP contribution in [0.1, 0.15) is 44.1 Å². The van der Waals surface area contributed by atoms with Crippen LogP contribution in [0.4, 0.5) is 19.3 Å². The average molecular weight is 468 g/mol. The molecule has 0 bridgehead atoms. The van der Waals surface area contributed by atoms with Gasteiger partial charge in [-0.05, 0) is 63.2 Å². The van der Waals surface area contributed by atoms with Gasteiger partial charge in [0.15, 0.2) is 0 Å². The molecular formula is C26H31F2N5O. The van der Waals surface area contributed by atoms with Gasteiger partial charge in [-0.2, -0.15) is 5.10 Å². The summed E-state index contributed by atoms with van der Waals surface area (Å²) in [5.74, 6) is -0.724. The van der Waals surface area contributed by atoms with Crippen LogP contribution in [-0.4, -0.2) is 44.7 Å². The number of nitrogens with zero attached hydrogens (tertiary/aromatic N) is 4. The molecular weight excluding hydrogens is 436 g/mol. The zero-order valence-corrected chi connectivity index (χ0v) is 19.9. The van der Waals surface area contributed by atoms with Crippen LogP contribution in [0.15, 0.2) is 48.5 Å². The molecule has 0 fully saturated rings. The number of benzene rings is 2. The van der Waals surface area contributed by atoms with Crippen molar-refractivity contribution in [2.45, 2.75) is 52.7 Å². The normalized spacial score (nSPS) is 13.7. The van der Waals surface area contributed by atoms with Gasteiger partial charge in [0.05, 0.1) is 23.6 Å². The van der Waals surface area contributed by atoms with E-state index in [2.05, 4.69) is 17.1 Å². The van der Waals surface area contributed by atoms with Crippen molar-refractivity contribution in [3.8, 4) is 5.69 Å². The molecule has 1 aliphatic heterocycles. The molecule has 0 saturated heterocycles. The average Bonchev–Trinajstić information content (AvgIpc) is 3.15. The third-order valence-electron chi connectivity index (χ3n) is 6.09. The Balaban J connectivity index is 1.66. The third-order valence-corrected chi connectivity index (χ3v) is 6.09. The number of urea groups is 1. The Labute approximate surface area is 199 Å². The fourth-order valence-corrected chi connectivity index (χ4v) is 4.41. The summed E-state index contributed by atoms with van der Waals surface area (Å²) in [7, 11) is 0. The molecule has 0 aliphatic carbocycles. The van der Waals surface area contributed by atoms with Crippen molar-refractivity contribution in [3.63, 3.8) is 0 Å². The number of halogens is 2. The molecule has 2 heterocycles. The Kier molecular flexibility index (Phi) is 7.26. The number of amides is 2. The summed E-state index contributed by atoms with van der Waals surface area (Å²) < 4.78 is 29.4. The molecule has 1 aliphatic rings. The number of fused-ring (bicyclic) bond motifs is 1. The lowest BCUT2D eigenvalue weighted by atomic mass is 10.0. The van der Waals surface area contributed by atoms with E-state index in [-0.39, 0.29) is 17.9 Å². The van der Waals surface area contributed by atoms with E-state index in [1.165, 1.54) is 24.3 Å². The zero-order chi connectivity index (χ0) is 24.2. The van der Waals surface area contributed by atoms with Crippen LogP contribution in [0, 0.1) is 11.6 Å². The maximum atomic E-state index is 14.0. The largest absolute Gasteiger partial charge is 0.322 e. The lowest BCUT2D eigenvalue weighted by Crippen LogP contribution is -2.40. The SMILES string of the molecule is CCCN1CCc2c(c(CN(C(=O)Nc3cccc(F)c3)C(C)C)nn2-c2cccc(F)c2)C1. The summed E-state index contributed by atoms with van der Waals surface area (Å²) in [5.41, 5.74) is 4.02. The smallest absolute Gasteiger partial charge is 0.316 e. The number of hydrogen-bond donors (Lipinski definition) is 1. The van der Waals surface area contributed by atoms with E-state index < -0.39 is 5.82 Å². The second-order valence-corrected chi connectivity index (χ2v) is 8.95. The van der Waals surface area contributed by atoms with Crippen LogP contribution in [0.5, 0.6) is 0 Å². The number of rotatable bonds is 7. The molecule has 2 aromatic carbocycles. The lowest BCUT2D eigenvalue weighted by molar-refractivity contribution is 0.191. The maximum Gasteiger partial charge on any atom is 0.322 e. The predicted molar refractivity (Wildman–Crippen MR) is 129 cm³/mol. The van der Waals surface area contributed by atoms with E-state index in [1.54, 1.807) is 23.1 Å². The Morgan fingerprint density at radius 1 is 1.15 bits per heavy atom. The quantitative estimate of drug-likeness (QED) is 0.509. The molecule has 8 heteroatoms. The fourth-order valence-electron chi connectivity index (χ4n) is 4.41. The molecule has 0 spiro atoms. The number of carbonyl (C=O) groups is 1. The van der Waals surface area contributed by atoms with Crippen LogP contribution in [-0.2, 0) is 19.5 Å². The summed E-state index contributed by atoms with van der Waals surface area (Å²) in [6.07, 6.45) is 1.85. The van der Waals surface area contributed by atoms with E-state index in [1.807, 2.05) is 24.6 Å². The number of aromatic nitrogens is 2. The van der Waals surface area contributed by atoms with Crippen LogP contribution < -0.4 is 5.32 Å². The Bertz CT molecular complexity index is 1160. The first-order chi connectivity index (χ1) is 16.4. The molecule has 0 atom stereocenters. The zero-order valence-electron chi connectivity index (χ0n) is 19.9. The first-order valence-electron chi connectivity index (χ1n) is 11.8. The minimum Gasteiger partial charge on any atom is -0.316 e. The molecule has 0 radical (unpaired) electrons. The van der Waals surface area contributed by atoms with E-state index >= 15 is 0 Å². The highest BCUT2D eigenvalue weighted by molar-refractivity contribution is 5.89. The first kappa shape index (κ1) is 23.9. The molecule has 3 aromatic rings. The maximum absolute atomic E-state index is 14.0. The summed E-state index contributed by atoms with van der Waals surface area (Å²) in [6, 6.07) is 11.8. The van der Waals surface area contributed by atoms with Crippen molar-refractivity contribution in [1.82, 2.24) is 19.6 Å². The van der Waals surface area contributed by atoms with Gasteiger partial charge in [0.2, 0.25) is 0 Å². The lowest BCUT2D eigenvalue weighted by Gasteiger charge is -2.29. The molecule has 1 N–H and O–H groups in total. The second-order valence-electron chi connectivity index (χ2n) is 8.95. The number of carbonyl (C=O) groups excluding carboxylic acids is 1. The van der Waals surface area contributed by atoms with Crippen LogP contribution in [0.2, 0.25) is 0 Å². The molecule has 2 amide bonds. The van der Waals surface area contributed by atoms with Crippen molar-refractivity contribution in [3.05, 3.63) is 77.1 Å². The van der Waals surface area contributed by atoms with E-state index in [0.717, 1.165) is 49.4 Å². The van der Waals surface area contributed by atoms with Crippen molar-refractivity contribution in [1.29, 1.82) is 0 Å². The van der Waals surface area contributed by atoms with Gasteiger partial charge in [-0.15, -0.1) is 0 Å². The van der Waals surface area contributed by atoms with E-state index in [4.69, 9.17) is 5.10 Å². The second kappa shape index (κ2) is 10.3.